The Hall–Kier alpha value is -1.42. The van der Waals surface area contributed by atoms with Gasteiger partial charge in [0.25, 0.3) is 0 Å². The number of nitrogens with one attached hydrogen (secondary N) is 1. The van der Waals surface area contributed by atoms with Crippen molar-refractivity contribution in [3.8, 4) is 12.3 Å². The summed E-state index contributed by atoms with van der Waals surface area (Å²) in [5.74, 6) is 3.33. The van der Waals surface area contributed by atoms with E-state index in [9.17, 15) is 0 Å². The summed E-state index contributed by atoms with van der Waals surface area (Å²) in [6, 6.07) is 7.97. The molecule has 1 unspecified atom stereocenters. The quantitative estimate of drug-likeness (QED) is 0.714. The standard InChI is InChI=1S/C13H17N/c1-4-11(3)10-14-13-8-6-7-12(5-2)9-13/h2,6-9,11,14H,4,10H2,1,3H3. The fraction of sp³-hybridized carbons (Fsp3) is 0.385. The molecule has 0 saturated heterocycles. The number of rotatable bonds is 4. The Kier molecular flexibility index (Phi) is 4.07. The van der Waals surface area contributed by atoms with Crippen LogP contribution in [0, 0.1) is 18.3 Å². The minimum Gasteiger partial charge on any atom is -0.385 e. The molecule has 1 rings (SSSR count). The van der Waals surface area contributed by atoms with Crippen molar-refractivity contribution in [1.29, 1.82) is 0 Å². The third-order valence-electron chi connectivity index (χ3n) is 2.38. The molecule has 0 aliphatic carbocycles. The van der Waals surface area contributed by atoms with Crippen molar-refractivity contribution < 1.29 is 0 Å². The summed E-state index contributed by atoms with van der Waals surface area (Å²) in [6.07, 6.45) is 6.52. The van der Waals surface area contributed by atoms with Gasteiger partial charge in [0.1, 0.15) is 0 Å². The van der Waals surface area contributed by atoms with E-state index in [1.165, 1.54) is 6.42 Å². The molecule has 1 nitrogen and oxygen atoms in total. The molecular weight excluding hydrogens is 170 g/mol. The highest BCUT2D eigenvalue weighted by atomic mass is 14.9. The predicted octanol–water partition coefficient (Wildman–Crippen LogP) is 3.13. The van der Waals surface area contributed by atoms with Crippen molar-refractivity contribution in [3.63, 3.8) is 0 Å². The molecule has 14 heavy (non-hydrogen) atoms. The molecule has 0 radical (unpaired) electrons. The van der Waals surface area contributed by atoms with E-state index in [4.69, 9.17) is 6.42 Å². The van der Waals surface area contributed by atoms with E-state index in [1.807, 2.05) is 24.3 Å². The molecule has 0 heterocycles. The topological polar surface area (TPSA) is 12.0 Å². The Morgan fingerprint density at radius 3 is 2.93 bits per heavy atom. The first-order chi connectivity index (χ1) is 6.76. The van der Waals surface area contributed by atoms with Gasteiger partial charge in [0, 0.05) is 17.8 Å². The maximum Gasteiger partial charge on any atom is 0.0352 e. The summed E-state index contributed by atoms with van der Waals surface area (Å²) in [5, 5.41) is 3.37. The Bertz CT molecular complexity index is 322. The lowest BCUT2D eigenvalue weighted by molar-refractivity contribution is 0.593. The molecule has 1 aromatic rings. The summed E-state index contributed by atoms with van der Waals surface area (Å²) in [5.41, 5.74) is 2.04. The number of hydrogen-bond donors (Lipinski definition) is 1. The first-order valence-corrected chi connectivity index (χ1v) is 5.06. The van der Waals surface area contributed by atoms with E-state index in [-0.39, 0.29) is 0 Å². The maximum absolute atomic E-state index is 5.32. The van der Waals surface area contributed by atoms with Gasteiger partial charge in [0.15, 0.2) is 0 Å². The zero-order valence-corrected chi connectivity index (χ0v) is 8.88. The van der Waals surface area contributed by atoms with Gasteiger partial charge in [-0.25, -0.2) is 0 Å². The van der Waals surface area contributed by atoms with Gasteiger partial charge in [-0.2, -0.15) is 0 Å². The van der Waals surface area contributed by atoms with Crippen molar-refractivity contribution in [2.75, 3.05) is 11.9 Å². The average Bonchev–Trinajstić information content (AvgIpc) is 2.26. The van der Waals surface area contributed by atoms with Crippen LogP contribution in [0.25, 0.3) is 0 Å². The normalized spacial score (nSPS) is 11.8. The highest BCUT2D eigenvalue weighted by Gasteiger charge is 1.98. The predicted molar refractivity (Wildman–Crippen MR) is 62.3 cm³/mol. The molecule has 0 fully saturated rings. The number of hydrogen-bond acceptors (Lipinski definition) is 1. The van der Waals surface area contributed by atoms with Crippen LogP contribution in [-0.4, -0.2) is 6.54 Å². The van der Waals surface area contributed by atoms with Crippen LogP contribution in [0.4, 0.5) is 5.69 Å². The lowest BCUT2D eigenvalue weighted by Gasteiger charge is -2.11. The summed E-state index contributed by atoms with van der Waals surface area (Å²) < 4.78 is 0. The molecule has 0 aliphatic heterocycles. The van der Waals surface area contributed by atoms with Gasteiger partial charge in [-0.3, -0.25) is 0 Å². The van der Waals surface area contributed by atoms with Gasteiger partial charge >= 0.3 is 0 Å². The molecule has 0 aromatic heterocycles. The Labute approximate surface area is 86.5 Å². The van der Waals surface area contributed by atoms with Crippen molar-refractivity contribution in [2.45, 2.75) is 20.3 Å². The van der Waals surface area contributed by atoms with Crippen molar-refractivity contribution >= 4 is 5.69 Å². The maximum atomic E-state index is 5.32. The second kappa shape index (κ2) is 5.34. The fourth-order valence-electron chi connectivity index (χ4n) is 1.16. The molecule has 1 N–H and O–H groups in total. The monoisotopic (exact) mass is 187 g/mol. The van der Waals surface area contributed by atoms with E-state index in [0.717, 1.165) is 17.8 Å². The zero-order valence-electron chi connectivity index (χ0n) is 8.88. The molecule has 1 aromatic carbocycles. The van der Waals surface area contributed by atoms with E-state index in [2.05, 4.69) is 25.1 Å². The molecule has 0 spiro atoms. The van der Waals surface area contributed by atoms with Crippen LogP contribution in [-0.2, 0) is 0 Å². The van der Waals surface area contributed by atoms with Gasteiger partial charge in [0.2, 0.25) is 0 Å². The minimum absolute atomic E-state index is 0.699. The van der Waals surface area contributed by atoms with Crippen molar-refractivity contribution in [2.24, 2.45) is 5.92 Å². The van der Waals surface area contributed by atoms with E-state index < -0.39 is 0 Å². The Balaban J connectivity index is 2.55. The summed E-state index contributed by atoms with van der Waals surface area (Å²) in [7, 11) is 0. The smallest absolute Gasteiger partial charge is 0.0352 e. The molecule has 0 saturated carbocycles. The second-order valence-corrected chi connectivity index (χ2v) is 3.62. The lowest BCUT2D eigenvalue weighted by Crippen LogP contribution is -2.10. The molecule has 1 atom stereocenters. The summed E-state index contributed by atoms with van der Waals surface area (Å²) in [6.45, 7) is 5.44. The van der Waals surface area contributed by atoms with E-state index in [0.29, 0.717) is 5.92 Å². The number of anilines is 1. The first kappa shape index (κ1) is 10.7. The van der Waals surface area contributed by atoms with E-state index in [1.54, 1.807) is 0 Å². The summed E-state index contributed by atoms with van der Waals surface area (Å²) in [4.78, 5) is 0. The van der Waals surface area contributed by atoms with Crippen LogP contribution < -0.4 is 5.32 Å². The SMILES string of the molecule is C#Cc1cccc(NCC(C)CC)c1. The van der Waals surface area contributed by atoms with Crippen LogP contribution in [0.2, 0.25) is 0 Å². The van der Waals surface area contributed by atoms with Crippen molar-refractivity contribution in [1.82, 2.24) is 0 Å². The van der Waals surface area contributed by atoms with Gasteiger partial charge in [-0.1, -0.05) is 32.3 Å². The third-order valence-corrected chi connectivity index (χ3v) is 2.38. The van der Waals surface area contributed by atoms with E-state index >= 15 is 0 Å². The minimum atomic E-state index is 0.699. The number of benzene rings is 1. The Morgan fingerprint density at radius 1 is 1.50 bits per heavy atom. The summed E-state index contributed by atoms with van der Waals surface area (Å²) >= 11 is 0. The Morgan fingerprint density at radius 2 is 2.29 bits per heavy atom. The van der Waals surface area contributed by atoms with Crippen LogP contribution in [0.15, 0.2) is 24.3 Å². The lowest BCUT2D eigenvalue weighted by atomic mass is 10.1. The van der Waals surface area contributed by atoms with Crippen LogP contribution in [0.3, 0.4) is 0 Å². The largest absolute Gasteiger partial charge is 0.385 e. The van der Waals surface area contributed by atoms with Gasteiger partial charge in [-0.05, 0) is 24.1 Å². The third kappa shape index (κ3) is 3.14. The second-order valence-electron chi connectivity index (χ2n) is 3.62. The average molecular weight is 187 g/mol. The fourth-order valence-corrected chi connectivity index (χ4v) is 1.16. The highest BCUT2D eigenvalue weighted by Crippen LogP contribution is 2.11. The zero-order chi connectivity index (χ0) is 10.4. The van der Waals surface area contributed by atoms with Gasteiger partial charge in [-0.15, -0.1) is 6.42 Å². The van der Waals surface area contributed by atoms with Crippen LogP contribution in [0.5, 0.6) is 0 Å². The molecule has 74 valence electrons. The number of terminal acetylenes is 1. The van der Waals surface area contributed by atoms with Gasteiger partial charge < -0.3 is 5.32 Å². The molecule has 0 bridgehead atoms. The highest BCUT2D eigenvalue weighted by molar-refractivity contribution is 5.49. The molecule has 0 amide bonds. The molecule has 1 heteroatoms. The first-order valence-electron chi connectivity index (χ1n) is 5.06. The van der Waals surface area contributed by atoms with Crippen LogP contribution in [0.1, 0.15) is 25.8 Å². The van der Waals surface area contributed by atoms with Crippen molar-refractivity contribution in [3.05, 3.63) is 29.8 Å². The van der Waals surface area contributed by atoms with Gasteiger partial charge in [0.05, 0.1) is 0 Å². The van der Waals surface area contributed by atoms with Crippen LogP contribution >= 0.6 is 0 Å². The molecule has 0 aliphatic rings. The molecular formula is C13H17N.